The smallest absolute Gasteiger partial charge is 0.224 e. The topological polar surface area (TPSA) is 68.0 Å². The lowest BCUT2D eigenvalue weighted by Gasteiger charge is -2.10. The number of rotatable bonds is 5. The molecule has 1 aromatic carbocycles. The van der Waals surface area contributed by atoms with Crippen molar-refractivity contribution in [1.29, 1.82) is 0 Å². The molecule has 1 heterocycles. The van der Waals surface area contributed by atoms with Crippen LogP contribution in [0.1, 0.15) is 12.5 Å². The second-order valence-electron chi connectivity index (χ2n) is 4.79. The van der Waals surface area contributed by atoms with Gasteiger partial charge in [0.05, 0.1) is 0 Å². The molecule has 0 radical (unpaired) electrons. The van der Waals surface area contributed by atoms with Gasteiger partial charge in [0, 0.05) is 31.4 Å². The van der Waals surface area contributed by atoms with Gasteiger partial charge in [0.25, 0.3) is 0 Å². The summed E-state index contributed by atoms with van der Waals surface area (Å²) in [4.78, 5) is 15.7. The van der Waals surface area contributed by atoms with Crippen LogP contribution < -0.4 is 11.1 Å². The average Bonchev–Trinajstić information content (AvgIpc) is 2.53. The number of pyridine rings is 1. The summed E-state index contributed by atoms with van der Waals surface area (Å²) in [5, 5.41) is 2.88. The van der Waals surface area contributed by atoms with E-state index in [1.165, 1.54) is 0 Å². The standard InChI is InChI=1S/C16H19N3O/c1-12(9-17)16(20)19-10-13-4-6-14(7-5-13)15-3-2-8-18-11-15/h2-8,11-12H,9-10,17H2,1H3,(H,19,20). The van der Waals surface area contributed by atoms with Gasteiger partial charge in [0.2, 0.25) is 5.91 Å². The third kappa shape index (κ3) is 3.65. The van der Waals surface area contributed by atoms with E-state index in [0.29, 0.717) is 13.1 Å². The maximum absolute atomic E-state index is 11.6. The lowest BCUT2D eigenvalue weighted by atomic mass is 10.1. The van der Waals surface area contributed by atoms with Crippen LogP contribution in [0.3, 0.4) is 0 Å². The predicted molar refractivity (Wildman–Crippen MR) is 79.7 cm³/mol. The van der Waals surface area contributed by atoms with E-state index in [1.54, 1.807) is 6.20 Å². The number of carbonyl (C=O) groups is 1. The molecule has 1 amide bonds. The number of nitrogens with zero attached hydrogens (tertiary/aromatic N) is 1. The van der Waals surface area contributed by atoms with Crippen LogP contribution in [-0.2, 0) is 11.3 Å². The Bertz CT molecular complexity index is 552. The molecule has 0 saturated heterocycles. The van der Waals surface area contributed by atoms with Crippen LogP contribution in [0.4, 0.5) is 0 Å². The SMILES string of the molecule is CC(CN)C(=O)NCc1ccc(-c2cccnc2)cc1. The average molecular weight is 269 g/mol. The fraction of sp³-hybridized carbons (Fsp3) is 0.250. The van der Waals surface area contributed by atoms with Gasteiger partial charge in [-0.3, -0.25) is 9.78 Å². The van der Waals surface area contributed by atoms with Crippen LogP contribution in [0.15, 0.2) is 48.8 Å². The van der Waals surface area contributed by atoms with Crippen molar-refractivity contribution in [1.82, 2.24) is 10.3 Å². The van der Waals surface area contributed by atoms with Crippen molar-refractivity contribution in [3.8, 4) is 11.1 Å². The Morgan fingerprint density at radius 3 is 2.60 bits per heavy atom. The van der Waals surface area contributed by atoms with Crippen molar-refractivity contribution in [2.45, 2.75) is 13.5 Å². The molecule has 1 aromatic heterocycles. The highest BCUT2D eigenvalue weighted by Gasteiger charge is 2.09. The van der Waals surface area contributed by atoms with Gasteiger partial charge in [-0.25, -0.2) is 0 Å². The molecule has 0 bridgehead atoms. The van der Waals surface area contributed by atoms with Gasteiger partial charge in [-0.15, -0.1) is 0 Å². The molecule has 2 rings (SSSR count). The quantitative estimate of drug-likeness (QED) is 0.872. The molecule has 104 valence electrons. The van der Waals surface area contributed by atoms with Gasteiger partial charge in [-0.1, -0.05) is 37.3 Å². The molecule has 0 saturated carbocycles. The summed E-state index contributed by atoms with van der Waals surface area (Å²) < 4.78 is 0. The van der Waals surface area contributed by atoms with Crippen molar-refractivity contribution in [3.05, 3.63) is 54.4 Å². The minimum atomic E-state index is -0.148. The molecule has 0 aliphatic carbocycles. The number of amides is 1. The summed E-state index contributed by atoms with van der Waals surface area (Å²) in [7, 11) is 0. The number of aromatic nitrogens is 1. The second kappa shape index (κ2) is 6.82. The van der Waals surface area contributed by atoms with E-state index >= 15 is 0 Å². The van der Waals surface area contributed by atoms with Crippen LogP contribution in [0.25, 0.3) is 11.1 Å². The van der Waals surface area contributed by atoms with Gasteiger partial charge in [-0.2, -0.15) is 0 Å². The molecule has 4 heteroatoms. The van der Waals surface area contributed by atoms with Gasteiger partial charge >= 0.3 is 0 Å². The second-order valence-corrected chi connectivity index (χ2v) is 4.79. The fourth-order valence-corrected chi connectivity index (χ4v) is 1.82. The number of nitrogens with one attached hydrogen (secondary N) is 1. The Kier molecular flexibility index (Phi) is 4.85. The predicted octanol–water partition coefficient (Wildman–Crippen LogP) is 1.96. The molecular formula is C16H19N3O. The van der Waals surface area contributed by atoms with Crippen molar-refractivity contribution in [3.63, 3.8) is 0 Å². The van der Waals surface area contributed by atoms with Gasteiger partial charge in [0.1, 0.15) is 0 Å². The number of carbonyl (C=O) groups excluding carboxylic acids is 1. The van der Waals surface area contributed by atoms with Crippen LogP contribution in [0, 0.1) is 5.92 Å². The molecule has 2 aromatic rings. The van der Waals surface area contributed by atoms with Gasteiger partial charge < -0.3 is 11.1 Å². The number of benzene rings is 1. The first-order valence-corrected chi connectivity index (χ1v) is 6.68. The Morgan fingerprint density at radius 2 is 2.00 bits per heavy atom. The molecule has 4 nitrogen and oxygen atoms in total. The van der Waals surface area contributed by atoms with Crippen LogP contribution in [-0.4, -0.2) is 17.4 Å². The molecule has 1 atom stereocenters. The zero-order chi connectivity index (χ0) is 14.4. The zero-order valence-corrected chi connectivity index (χ0v) is 11.5. The summed E-state index contributed by atoms with van der Waals surface area (Å²) in [6.07, 6.45) is 3.59. The highest BCUT2D eigenvalue weighted by Crippen LogP contribution is 2.18. The molecule has 20 heavy (non-hydrogen) atoms. The molecule has 0 aliphatic heterocycles. The van der Waals surface area contributed by atoms with Crippen molar-refractivity contribution < 1.29 is 4.79 Å². The van der Waals surface area contributed by atoms with Crippen LogP contribution in [0.5, 0.6) is 0 Å². The molecule has 0 aliphatic rings. The Morgan fingerprint density at radius 1 is 1.25 bits per heavy atom. The maximum atomic E-state index is 11.6. The third-order valence-electron chi connectivity index (χ3n) is 3.22. The first kappa shape index (κ1) is 14.2. The van der Waals surface area contributed by atoms with E-state index in [4.69, 9.17) is 5.73 Å². The Labute approximate surface area is 119 Å². The summed E-state index contributed by atoms with van der Waals surface area (Å²) in [5.74, 6) is -0.159. The highest BCUT2D eigenvalue weighted by atomic mass is 16.1. The van der Waals surface area contributed by atoms with Gasteiger partial charge in [0.15, 0.2) is 0 Å². The van der Waals surface area contributed by atoms with E-state index in [-0.39, 0.29) is 11.8 Å². The first-order chi connectivity index (χ1) is 9.70. The number of hydrogen-bond donors (Lipinski definition) is 2. The van der Waals surface area contributed by atoms with Crippen molar-refractivity contribution in [2.75, 3.05) is 6.54 Å². The van der Waals surface area contributed by atoms with E-state index in [0.717, 1.165) is 16.7 Å². The van der Waals surface area contributed by atoms with E-state index < -0.39 is 0 Å². The van der Waals surface area contributed by atoms with E-state index in [9.17, 15) is 4.79 Å². The van der Waals surface area contributed by atoms with Crippen LogP contribution in [0.2, 0.25) is 0 Å². The van der Waals surface area contributed by atoms with E-state index in [1.807, 2.05) is 49.5 Å². The first-order valence-electron chi connectivity index (χ1n) is 6.68. The molecule has 1 unspecified atom stereocenters. The molecule has 0 fully saturated rings. The number of hydrogen-bond acceptors (Lipinski definition) is 3. The zero-order valence-electron chi connectivity index (χ0n) is 11.5. The maximum Gasteiger partial charge on any atom is 0.224 e. The summed E-state index contributed by atoms with van der Waals surface area (Å²) in [6.45, 7) is 2.71. The molecule has 0 spiro atoms. The Balaban J connectivity index is 1.97. The number of nitrogens with two attached hydrogens (primary N) is 1. The summed E-state index contributed by atoms with van der Waals surface area (Å²) in [5.41, 5.74) is 8.72. The molecule has 3 N–H and O–H groups in total. The minimum absolute atomic E-state index is 0.0103. The fourth-order valence-electron chi connectivity index (χ4n) is 1.82. The molecular weight excluding hydrogens is 250 g/mol. The minimum Gasteiger partial charge on any atom is -0.352 e. The largest absolute Gasteiger partial charge is 0.352 e. The van der Waals surface area contributed by atoms with Crippen molar-refractivity contribution >= 4 is 5.91 Å². The van der Waals surface area contributed by atoms with E-state index in [2.05, 4.69) is 10.3 Å². The van der Waals surface area contributed by atoms with Crippen LogP contribution >= 0.6 is 0 Å². The summed E-state index contributed by atoms with van der Waals surface area (Å²) in [6, 6.07) is 12.0. The summed E-state index contributed by atoms with van der Waals surface area (Å²) >= 11 is 0. The normalized spacial score (nSPS) is 11.9. The van der Waals surface area contributed by atoms with Gasteiger partial charge in [-0.05, 0) is 22.8 Å². The Hall–Kier alpha value is -2.20. The van der Waals surface area contributed by atoms with Crippen molar-refractivity contribution in [2.24, 2.45) is 11.7 Å². The third-order valence-corrected chi connectivity index (χ3v) is 3.22. The monoisotopic (exact) mass is 269 g/mol. The lowest BCUT2D eigenvalue weighted by Crippen LogP contribution is -2.32. The highest BCUT2D eigenvalue weighted by molar-refractivity contribution is 5.78. The lowest BCUT2D eigenvalue weighted by molar-refractivity contribution is -0.124.